The van der Waals surface area contributed by atoms with Gasteiger partial charge in [-0.15, -0.1) is 11.3 Å². The third kappa shape index (κ3) is 7.18. The Bertz CT molecular complexity index is 1350. The number of methoxy groups -OCH3 is 1. The van der Waals surface area contributed by atoms with E-state index in [1.165, 1.54) is 7.11 Å². The first kappa shape index (κ1) is 29.5. The Hall–Kier alpha value is -3.46. The summed E-state index contributed by atoms with van der Waals surface area (Å²) in [6.07, 6.45) is 4.39. The molecule has 0 spiro atoms. The number of esters is 1. The van der Waals surface area contributed by atoms with Crippen LogP contribution in [0.15, 0.2) is 41.8 Å². The molecule has 0 radical (unpaired) electrons. The Kier molecular flexibility index (Phi) is 10.1. The minimum absolute atomic E-state index is 0.0244. The molecule has 1 aromatic carbocycles. The van der Waals surface area contributed by atoms with Crippen LogP contribution in [0, 0.1) is 18.8 Å². The molecule has 1 saturated carbocycles. The van der Waals surface area contributed by atoms with Gasteiger partial charge >= 0.3 is 5.97 Å². The summed E-state index contributed by atoms with van der Waals surface area (Å²) in [5.74, 6) is -0.0973. The van der Waals surface area contributed by atoms with Gasteiger partial charge in [0, 0.05) is 37.5 Å². The number of thiophene rings is 1. The van der Waals surface area contributed by atoms with Gasteiger partial charge in [-0.3, -0.25) is 19.2 Å². The van der Waals surface area contributed by atoms with Crippen LogP contribution in [-0.4, -0.2) is 48.3 Å². The second-order valence-electron chi connectivity index (χ2n) is 10.6. The van der Waals surface area contributed by atoms with Gasteiger partial charge in [0.25, 0.3) is 0 Å². The maximum absolute atomic E-state index is 13.5. The number of benzene rings is 1. The van der Waals surface area contributed by atoms with Crippen molar-refractivity contribution in [2.45, 2.75) is 65.3 Å². The molecule has 1 fully saturated rings. The molecule has 2 amide bonds. The predicted molar refractivity (Wildman–Crippen MR) is 158 cm³/mol. The van der Waals surface area contributed by atoms with Crippen LogP contribution in [0.4, 0.5) is 5.69 Å². The zero-order chi connectivity index (χ0) is 28.6. The lowest BCUT2D eigenvalue weighted by molar-refractivity contribution is -0.140. The standard InChI is InChI=1S/C31H39N3O5S/c1-4-33(24-8-5-7-21(2)17-24)29(36)20-34-25-14-16-40-28(25)19-26(34)27(35)18-22-10-12-23(13-11-22)31(38)32-15-6-9-30(37)39-3/h5,7-8,14,16-17,19,22-23H,4,6,9-13,15,18,20H2,1-3H3,(H,32,38). The van der Waals surface area contributed by atoms with E-state index in [4.69, 9.17) is 0 Å². The molecule has 214 valence electrons. The summed E-state index contributed by atoms with van der Waals surface area (Å²) < 4.78 is 7.51. The Morgan fingerprint density at radius 2 is 1.88 bits per heavy atom. The lowest BCUT2D eigenvalue weighted by Crippen LogP contribution is -2.35. The maximum atomic E-state index is 13.5. The molecule has 3 aromatic rings. The number of aryl methyl sites for hydroxylation is 1. The molecular weight excluding hydrogens is 526 g/mol. The fraction of sp³-hybridized carbons (Fsp3) is 0.484. The maximum Gasteiger partial charge on any atom is 0.305 e. The van der Waals surface area contributed by atoms with Crippen molar-refractivity contribution >= 4 is 50.8 Å². The minimum Gasteiger partial charge on any atom is -0.469 e. The van der Waals surface area contributed by atoms with Crippen molar-refractivity contribution in [2.24, 2.45) is 11.8 Å². The van der Waals surface area contributed by atoms with Crippen molar-refractivity contribution < 1.29 is 23.9 Å². The number of rotatable bonds is 12. The molecule has 0 bridgehead atoms. The predicted octanol–water partition coefficient (Wildman–Crippen LogP) is 5.51. The number of fused-ring (bicyclic) bond motifs is 1. The van der Waals surface area contributed by atoms with E-state index < -0.39 is 0 Å². The van der Waals surface area contributed by atoms with Crippen molar-refractivity contribution in [2.75, 3.05) is 25.1 Å². The molecule has 1 N–H and O–H groups in total. The van der Waals surface area contributed by atoms with Gasteiger partial charge in [-0.1, -0.05) is 12.1 Å². The van der Waals surface area contributed by atoms with Crippen molar-refractivity contribution in [3.8, 4) is 0 Å². The van der Waals surface area contributed by atoms with E-state index in [0.717, 1.165) is 47.2 Å². The minimum atomic E-state index is -0.274. The summed E-state index contributed by atoms with van der Waals surface area (Å²) in [7, 11) is 1.36. The number of aromatic nitrogens is 1. The van der Waals surface area contributed by atoms with E-state index in [1.807, 2.05) is 60.2 Å². The number of carbonyl (C=O) groups is 4. The summed E-state index contributed by atoms with van der Waals surface area (Å²) in [6.45, 7) is 5.07. The zero-order valence-electron chi connectivity index (χ0n) is 23.6. The van der Waals surface area contributed by atoms with Crippen LogP contribution in [0.5, 0.6) is 0 Å². The number of nitrogens with zero attached hydrogens (tertiary/aromatic N) is 2. The SMILES string of the molecule is CCN(C(=O)Cn1c(C(=O)CC2CCC(C(=O)NCCCC(=O)OC)CC2)cc2sccc21)c1cccc(C)c1. The molecule has 40 heavy (non-hydrogen) atoms. The number of hydrogen-bond donors (Lipinski definition) is 1. The van der Waals surface area contributed by atoms with Crippen molar-refractivity contribution in [1.29, 1.82) is 0 Å². The lowest BCUT2D eigenvalue weighted by Gasteiger charge is -2.27. The number of nitrogens with one attached hydrogen (secondary N) is 1. The molecule has 0 aliphatic heterocycles. The van der Waals surface area contributed by atoms with Crippen molar-refractivity contribution in [3.63, 3.8) is 0 Å². The zero-order valence-corrected chi connectivity index (χ0v) is 24.4. The van der Waals surface area contributed by atoms with Gasteiger partial charge in [0.05, 0.1) is 23.0 Å². The van der Waals surface area contributed by atoms with E-state index in [1.54, 1.807) is 16.2 Å². The molecule has 1 aliphatic rings. The summed E-state index contributed by atoms with van der Waals surface area (Å²) in [5, 5.41) is 4.91. The molecule has 0 saturated heterocycles. The van der Waals surface area contributed by atoms with Gasteiger partial charge in [0.15, 0.2) is 5.78 Å². The van der Waals surface area contributed by atoms with Gasteiger partial charge in [-0.05, 0) is 87.1 Å². The molecule has 9 heteroatoms. The van der Waals surface area contributed by atoms with Crippen molar-refractivity contribution in [1.82, 2.24) is 9.88 Å². The largest absolute Gasteiger partial charge is 0.469 e. The summed E-state index contributed by atoms with van der Waals surface area (Å²) in [4.78, 5) is 52.6. The molecule has 1 aliphatic carbocycles. The molecule has 4 rings (SSSR count). The first-order valence-corrected chi connectivity index (χ1v) is 15.0. The molecule has 0 atom stereocenters. The van der Waals surface area contributed by atoms with E-state index in [9.17, 15) is 19.2 Å². The van der Waals surface area contributed by atoms with Crippen LogP contribution < -0.4 is 10.2 Å². The highest BCUT2D eigenvalue weighted by molar-refractivity contribution is 7.17. The van der Waals surface area contributed by atoms with Gasteiger partial charge < -0.3 is 19.5 Å². The van der Waals surface area contributed by atoms with E-state index in [-0.39, 0.29) is 41.9 Å². The monoisotopic (exact) mass is 565 g/mol. The van der Waals surface area contributed by atoms with Gasteiger partial charge in [0.2, 0.25) is 11.8 Å². The third-order valence-electron chi connectivity index (χ3n) is 7.81. The number of ketones is 1. The Morgan fingerprint density at radius 3 is 2.58 bits per heavy atom. The van der Waals surface area contributed by atoms with Crippen LogP contribution >= 0.6 is 11.3 Å². The number of Topliss-reactive ketones (excluding diaryl/α,β-unsaturated/α-hetero) is 1. The first-order chi connectivity index (χ1) is 19.3. The first-order valence-electron chi connectivity index (χ1n) is 14.1. The number of ether oxygens (including phenoxy) is 1. The van der Waals surface area contributed by atoms with E-state index in [2.05, 4.69) is 10.1 Å². The molecule has 2 aromatic heterocycles. The average molecular weight is 566 g/mol. The lowest BCUT2D eigenvalue weighted by atomic mass is 9.79. The van der Waals surface area contributed by atoms with Gasteiger partial charge in [-0.2, -0.15) is 0 Å². The van der Waals surface area contributed by atoms with Crippen molar-refractivity contribution in [3.05, 3.63) is 53.0 Å². The van der Waals surface area contributed by atoms with Crippen LogP contribution in [0.3, 0.4) is 0 Å². The van der Waals surface area contributed by atoms with Crippen LogP contribution in [0.25, 0.3) is 10.2 Å². The number of anilines is 1. The quantitative estimate of drug-likeness (QED) is 0.177. The van der Waals surface area contributed by atoms with Gasteiger partial charge in [-0.25, -0.2) is 0 Å². The third-order valence-corrected chi connectivity index (χ3v) is 8.66. The normalized spacial score (nSPS) is 17.0. The molecule has 8 nitrogen and oxygen atoms in total. The average Bonchev–Trinajstić information content (AvgIpc) is 3.54. The Morgan fingerprint density at radius 1 is 1.10 bits per heavy atom. The van der Waals surface area contributed by atoms with E-state index >= 15 is 0 Å². The molecular formula is C31H39N3O5S. The number of hydrogen-bond acceptors (Lipinski definition) is 6. The Balaban J connectivity index is 1.36. The number of carbonyl (C=O) groups excluding carboxylic acids is 4. The van der Waals surface area contributed by atoms with Gasteiger partial charge in [0.1, 0.15) is 6.54 Å². The summed E-state index contributed by atoms with van der Waals surface area (Å²) in [5.41, 5.74) is 3.44. The highest BCUT2D eigenvalue weighted by Gasteiger charge is 2.29. The topological polar surface area (TPSA) is 97.7 Å². The Labute approximate surface area is 239 Å². The number of amides is 2. The number of likely N-dealkylation sites (N-methyl/N-ethyl adjacent to an activating group) is 1. The highest BCUT2D eigenvalue weighted by Crippen LogP contribution is 2.33. The van der Waals surface area contributed by atoms with Crippen LogP contribution in [0.2, 0.25) is 0 Å². The fourth-order valence-electron chi connectivity index (χ4n) is 5.58. The highest BCUT2D eigenvalue weighted by atomic mass is 32.1. The molecule has 2 heterocycles. The summed E-state index contributed by atoms with van der Waals surface area (Å²) >= 11 is 1.57. The second-order valence-corrected chi connectivity index (χ2v) is 11.5. The smallest absolute Gasteiger partial charge is 0.305 e. The second kappa shape index (κ2) is 13.7. The van der Waals surface area contributed by atoms with E-state index in [0.29, 0.717) is 38.0 Å². The molecule has 0 unspecified atom stereocenters. The summed E-state index contributed by atoms with van der Waals surface area (Å²) in [6, 6.07) is 11.8. The van der Waals surface area contributed by atoms with Crippen LogP contribution in [-0.2, 0) is 25.7 Å². The fourth-order valence-corrected chi connectivity index (χ4v) is 6.41. The van der Waals surface area contributed by atoms with Crippen LogP contribution in [0.1, 0.15) is 67.9 Å².